The van der Waals surface area contributed by atoms with Gasteiger partial charge in [0.25, 0.3) is 0 Å². The van der Waals surface area contributed by atoms with Gasteiger partial charge in [0.1, 0.15) is 13.2 Å². The number of amides is 2. The molecule has 0 heterocycles. The number of hydrogen-bond acceptors (Lipinski definition) is 4. The second-order valence-electron chi connectivity index (χ2n) is 9.25. The van der Waals surface area contributed by atoms with Crippen LogP contribution in [0.25, 0.3) is 22.3 Å². The van der Waals surface area contributed by atoms with E-state index in [4.69, 9.17) is 15.2 Å². The lowest BCUT2D eigenvalue weighted by atomic mass is 9.98. The van der Waals surface area contributed by atoms with E-state index in [1.54, 1.807) is 0 Å². The zero-order valence-electron chi connectivity index (χ0n) is 20.5. The van der Waals surface area contributed by atoms with Crippen molar-refractivity contribution in [1.82, 2.24) is 5.32 Å². The fourth-order valence-corrected chi connectivity index (χ4v) is 5.49. The van der Waals surface area contributed by atoms with Gasteiger partial charge in [-0.3, -0.25) is 5.32 Å². The van der Waals surface area contributed by atoms with E-state index in [0.29, 0.717) is 0 Å². The minimum absolute atomic E-state index is 0.0894. The second-order valence-corrected chi connectivity index (χ2v) is 9.25. The molecule has 0 bridgehead atoms. The highest BCUT2D eigenvalue weighted by atomic mass is 16.6. The van der Waals surface area contributed by atoms with Gasteiger partial charge in [0, 0.05) is 11.8 Å². The van der Waals surface area contributed by atoms with Crippen molar-refractivity contribution in [3.63, 3.8) is 0 Å². The Morgan fingerprint density at radius 3 is 1.42 bits per heavy atom. The maximum Gasteiger partial charge on any atom is 0.436 e. The molecule has 0 saturated heterocycles. The Bertz CT molecular complexity index is 1490. The first-order valence-electron chi connectivity index (χ1n) is 12.4. The molecule has 0 unspecified atom stereocenters. The van der Waals surface area contributed by atoms with Crippen LogP contribution in [0.5, 0.6) is 0 Å². The standard InChI is InChI=1S/C31H25N3O4/c32-29(33-30(35)37-17-27-23-13-5-1-9-19(23)20-10-2-6-14-24(20)27)34-31(36)38-18-28-25-15-7-3-11-21(25)22-12-4-8-16-26(22)28/h1-16,27-28H,17-18H2,(H3,32,33,34,35,36). The van der Waals surface area contributed by atoms with Crippen LogP contribution in [0.4, 0.5) is 9.59 Å². The Kier molecular flexibility index (Phi) is 6.09. The first kappa shape index (κ1) is 23.5. The van der Waals surface area contributed by atoms with Crippen molar-refractivity contribution >= 4 is 18.1 Å². The Hall–Kier alpha value is -4.91. The van der Waals surface area contributed by atoms with Gasteiger partial charge in [0.05, 0.1) is 0 Å². The molecule has 2 amide bonds. The molecule has 7 heteroatoms. The number of fused-ring (bicyclic) bond motifs is 6. The van der Waals surface area contributed by atoms with Crippen LogP contribution >= 0.6 is 0 Å². The predicted octanol–water partition coefficient (Wildman–Crippen LogP) is 5.79. The molecule has 0 radical (unpaired) electrons. The number of hydrogen-bond donors (Lipinski definition) is 2. The fourth-order valence-electron chi connectivity index (χ4n) is 5.49. The summed E-state index contributed by atoms with van der Waals surface area (Å²) >= 11 is 0. The Morgan fingerprint density at radius 1 is 0.632 bits per heavy atom. The minimum atomic E-state index is -0.886. The molecule has 38 heavy (non-hydrogen) atoms. The van der Waals surface area contributed by atoms with Gasteiger partial charge in [0.2, 0.25) is 5.96 Å². The van der Waals surface area contributed by atoms with E-state index in [-0.39, 0.29) is 31.0 Å². The molecule has 0 aromatic heterocycles. The van der Waals surface area contributed by atoms with Gasteiger partial charge in [-0.1, -0.05) is 97.1 Å². The van der Waals surface area contributed by atoms with Crippen LogP contribution in [0.15, 0.2) is 102 Å². The molecule has 3 N–H and O–H groups in total. The Morgan fingerprint density at radius 2 is 1.00 bits per heavy atom. The minimum Gasteiger partial charge on any atom is -0.448 e. The number of carbonyl (C=O) groups excluding carboxylic acids is 2. The van der Waals surface area contributed by atoms with Gasteiger partial charge in [-0.15, -0.1) is 4.99 Å². The lowest BCUT2D eigenvalue weighted by molar-refractivity contribution is 0.148. The van der Waals surface area contributed by atoms with Gasteiger partial charge in [-0.25, -0.2) is 9.59 Å². The van der Waals surface area contributed by atoms with Crippen LogP contribution in [0.1, 0.15) is 34.1 Å². The summed E-state index contributed by atoms with van der Waals surface area (Å²) in [5, 5.41) is 2.31. The number of nitrogens with zero attached hydrogens (tertiary/aromatic N) is 1. The highest BCUT2D eigenvalue weighted by Crippen LogP contribution is 2.45. The van der Waals surface area contributed by atoms with E-state index in [9.17, 15) is 9.59 Å². The van der Waals surface area contributed by atoms with Crippen LogP contribution in [-0.4, -0.2) is 31.4 Å². The molecular weight excluding hydrogens is 478 g/mol. The summed E-state index contributed by atoms with van der Waals surface area (Å²) < 4.78 is 10.9. The number of ether oxygens (including phenoxy) is 2. The van der Waals surface area contributed by atoms with Gasteiger partial charge >= 0.3 is 12.2 Å². The number of alkyl carbamates (subject to hydrolysis) is 1. The predicted molar refractivity (Wildman–Crippen MR) is 145 cm³/mol. The van der Waals surface area contributed by atoms with Crippen molar-refractivity contribution in [1.29, 1.82) is 0 Å². The van der Waals surface area contributed by atoms with Crippen molar-refractivity contribution in [2.45, 2.75) is 11.8 Å². The molecule has 6 rings (SSSR count). The molecule has 2 aliphatic carbocycles. The maximum atomic E-state index is 12.4. The monoisotopic (exact) mass is 503 g/mol. The van der Waals surface area contributed by atoms with E-state index in [1.165, 1.54) is 0 Å². The molecule has 0 spiro atoms. The van der Waals surface area contributed by atoms with Crippen LogP contribution in [0.3, 0.4) is 0 Å². The third-order valence-electron chi connectivity index (χ3n) is 7.12. The molecule has 188 valence electrons. The van der Waals surface area contributed by atoms with Gasteiger partial charge in [-0.05, 0) is 44.5 Å². The molecule has 7 nitrogen and oxygen atoms in total. The van der Waals surface area contributed by atoms with Gasteiger partial charge in [0.15, 0.2) is 0 Å². The highest BCUT2D eigenvalue weighted by molar-refractivity contribution is 5.97. The summed E-state index contributed by atoms with van der Waals surface area (Å²) in [4.78, 5) is 28.4. The number of nitrogens with two attached hydrogens (primary N) is 1. The Labute approximate surface area is 219 Å². The lowest BCUT2D eigenvalue weighted by Gasteiger charge is -2.14. The van der Waals surface area contributed by atoms with Crippen LogP contribution in [-0.2, 0) is 9.47 Å². The van der Waals surface area contributed by atoms with Gasteiger partial charge < -0.3 is 15.2 Å². The largest absolute Gasteiger partial charge is 0.448 e. The molecule has 4 aromatic carbocycles. The average molecular weight is 504 g/mol. The average Bonchev–Trinajstić information content (AvgIpc) is 3.43. The van der Waals surface area contributed by atoms with Crippen LogP contribution in [0, 0.1) is 0 Å². The number of benzene rings is 4. The summed E-state index contributed by atoms with van der Waals surface area (Å²) in [6.07, 6.45) is -1.68. The third-order valence-corrected chi connectivity index (χ3v) is 7.12. The summed E-state index contributed by atoms with van der Waals surface area (Å²) in [5.74, 6) is -0.578. The second kappa shape index (κ2) is 9.86. The fraction of sp³-hybridized carbons (Fsp3) is 0.129. The van der Waals surface area contributed by atoms with E-state index < -0.39 is 12.2 Å². The summed E-state index contributed by atoms with van der Waals surface area (Å²) in [6, 6.07) is 32.2. The zero-order chi connectivity index (χ0) is 26.1. The first-order valence-corrected chi connectivity index (χ1v) is 12.4. The smallest absolute Gasteiger partial charge is 0.436 e. The summed E-state index contributed by atoms with van der Waals surface area (Å²) in [6.45, 7) is 0.229. The van der Waals surface area contributed by atoms with E-state index in [2.05, 4.69) is 34.6 Å². The van der Waals surface area contributed by atoms with Gasteiger partial charge in [-0.2, -0.15) is 0 Å². The molecule has 4 aromatic rings. The molecule has 0 saturated carbocycles. The number of aliphatic imine (C=N–C) groups is 1. The summed E-state index contributed by atoms with van der Waals surface area (Å²) in [5.41, 5.74) is 14.7. The molecule has 0 fully saturated rings. The maximum absolute atomic E-state index is 12.4. The number of carbonyl (C=O) groups is 2. The molecular formula is C31H25N3O4. The van der Waals surface area contributed by atoms with E-state index in [1.807, 2.05) is 72.8 Å². The van der Waals surface area contributed by atoms with Crippen LogP contribution in [0.2, 0.25) is 0 Å². The molecule has 2 aliphatic rings. The van der Waals surface area contributed by atoms with Crippen molar-refractivity contribution in [3.8, 4) is 22.3 Å². The SMILES string of the molecule is N/C(=N\C(=O)OCC1c2ccccc2-c2ccccc21)NC(=O)OCC1c2ccccc2-c2ccccc21. The summed E-state index contributed by atoms with van der Waals surface area (Å²) in [7, 11) is 0. The number of nitrogens with one attached hydrogen (secondary N) is 1. The van der Waals surface area contributed by atoms with Crippen LogP contribution < -0.4 is 11.1 Å². The van der Waals surface area contributed by atoms with Crippen molar-refractivity contribution in [2.75, 3.05) is 13.2 Å². The quantitative estimate of drug-likeness (QED) is 0.271. The van der Waals surface area contributed by atoms with Crippen molar-refractivity contribution in [2.24, 2.45) is 10.7 Å². The van der Waals surface area contributed by atoms with E-state index >= 15 is 0 Å². The van der Waals surface area contributed by atoms with Crippen molar-refractivity contribution in [3.05, 3.63) is 119 Å². The highest BCUT2D eigenvalue weighted by Gasteiger charge is 2.30. The zero-order valence-corrected chi connectivity index (χ0v) is 20.5. The number of guanidine groups is 1. The molecule has 0 atom stereocenters. The number of rotatable bonds is 4. The molecule has 0 aliphatic heterocycles. The van der Waals surface area contributed by atoms with Crippen molar-refractivity contribution < 1.29 is 19.1 Å². The Balaban J connectivity index is 1.06. The van der Waals surface area contributed by atoms with E-state index in [0.717, 1.165) is 44.5 Å². The lowest BCUT2D eigenvalue weighted by Crippen LogP contribution is -2.38. The first-order chi connectivity index (χ1) is 18.6. The third kappa shape index (κ3) is 4.28. The topological polar surface area (TPSA) is 103 Å². The normalized spacial score (nSPS) is 13.7.